The van der Waals surface area contributed by atoms with Crippen LogP contribution in [0.5, 0.6) is 0 Å². The summed E-state index contributed by atoms with van der Waals surface area (Å²) in [5.74, 6) is 0.727. The van der Waals surface area contributed by atoms with E-state index >= 15 is 0 Å². The van der Waals surface area contributed by atoms with Crippen molar-refractivity contribution in [3.8, 4) is 0 Å². The lowest BCUT2D eigenvalue weighted by molar-refractivity contribution is -0.127. The summed E-state index contributed by atoms with van der Waals surface area (Å²) in [6.07, 6.45) is 6.59. The van der Waals surface area contributed by atoms with Gasteiger partial charge in [-0.3, -0.25) is 9.48 Å². The van der Waals surface area contributed by atoms with Gasteiger partial charge in [-0.15, -0.1) is 24.0 Å². The number of guanidine groups is 1. The van der Waals surface area contributed by atoms with Gasteiger partial charge in [0, 0.05) is 33.4 Å². The first-order valence-corrected chi connectivity index (χ1v) is 7.78. The molecule has 2 N–H and O–H groups in total. The number of nitrogens with zero attached hydrogens (tertiary/aromatic N) is 4. The van der Waals surface area contributed by atoms with Crippen LogP contribution in [0.2, 0.25) is 0 Å². The first-order chi connectivity index (χ1) is 10.6. The zero-order valence-electron chi connectivity index (χ0n) is 14.1. The molecule has 1 heterocycles. The number of likely N-dealkylation sites (N-methyl/N-ethyl adjacent to an activating group) is 1. The van der Waals surface area contributed by atoms with Crippen LogP contribution in [0, 0.1) is 0 Å². The number of nitrogens with one attached hydrogen (secondary N) is 2. The topological polar surface area (TPSA) is 74.5 Å². The Hall–Kier alpha value is -1.32. The van der Waals surface area contributed by atoms with E-state index in [9.17, 15) is 4.79 Å². The number of amides is 1. The van der Waals surface area contributed by atoms with Gasteiger partial charge in [0.05, 0.1) is 18.8 Å². The average molecular weight is 434 g/mol. The molecule has 7 nitrogen and oxygen atoms in total. The molecule has 1 aromatic heterocycles. The monoisotopic (exact) mass is 434 g/mol. The van der Waals surface area contributed by atoms with Gasteiger partial charge in [0.2, 0.25) is 5.91 Å². The molecule has 23 heavy (non-hydrogen) atoms. The van der Waals surface area contributed by atoms with Gasteiger partial charge in [-0.2, -0.15) is 5.10 Å². The minimum atomic E-state index is 0. The van der Waals surface area contributed by atoms with Crippen molar-refractivity contribution in [3.05, 3.63) is 18.0 Å². The second kappa shape index (κ2) is 9.74. The van der Waals surface area contributed by atoms with Gasteiger partial charge < -0.3 is 15.5 Å². The lowest BCUT2D eigenvalue weighted by Crippen LogP contribution is -2.46. The number of carbonyl (C=O) groups is 1. The molecule has 1 aliphatic rings. The number of rotatable bonds is 5. The van der Waals surface area contributed by atoms with Crippen molar-refractivity contribution >= 4 is 35.8 Å². The summed E-state index contributed by atoms with van der Waals surface area (Å²) in [4.78, 5) is 17.9. The molecule has 130 valence electrons. The number of aromatic nitrogens is 2. The fourth-order valence-electron chi connectivity index (χ4n) is 2.45. The molecule has 0 saturated heterocycles. The van der Waals surface area contributed by atoms with Crippen LogP contribution in [-0.2, 0) is 18.4 Å². The molecule has 1 saturated carbocycles. The average Bonchev–Trinajstić information content (AvgIpc) is 3.13. The summed E-state index contributed by atoms with van der Waals surface area (Å²) in [6.45, 7) is 0.783. The van der Waals surface area contributed by atoms with Gasteiger partial charge in [-0.1, -0.05) is 12.8 Å². The lowest BCUT2D eigenvalue weighted by atomic mass is 10.2. The highest BCUT2D eigenvalue weighted by molar-refractivity contribution is 14.0. The molecule has 1 aromatic rings. The van der Waals surface area contributed by atoms with Gasteiger partial charge in [-0.05, 0) is 18.9 Å². The number of halogens is 1. The Bertz CT molecular complexity index is 522. The Kier molecular flexibility index (Phi) is 8.35. The summed E-state index contributed by atoms with van der Waals surface area (Å²) in [5.41, 5.74) is 1.03. The van der Waals surface area contributed by atoms with E-state index in [1.54, 1.807) is 25.2 Å². The van der Waals surface area contributed by atoms with Crippen molar-refractivity contribution in [2.24, 2.45) is 12.0 Å². The summed E-state index contributed by atoms with van der Waals surface area (Å²) in [7, 11) is 5.40. The maximum Gasteiger partial charge on any atom is 0.241 e. The second-order valence-corrected chi connectivity index (χ2v) is 5.88. The summed E-state index contributed by atoms with van der Waals surface area (Å²) >= 11 is 0. The van der Waals surface area contributed by atoms with Gasteiger partial charge in [-0.25, -0.2) is 4.99 Å². The predicted molar refractivity (Wildman–Crippen MR) is 102 cm³/mol. The van der Waals surface area contributed by atoms with Crippen molar-refractivity contribution < 1.29 is 4.79 Å². The molecule has 0 unspecified atom stereocenters. The highest BCUT2D eigenvalue weighted by Crippen LogP contribution is 2.17. The number of hydrogen-bond acceptors (Lipinski definition) is 3. The van der Waals surface area contributed by atoms with Gasteiger partial charge >= 0.3 is 0 Å². The van der Waals surface area contributed by atoms with E-state index in [4.69, 9.17) is 0 Å². The molecular weight excluding hydrogens is 407 g/mol. The van der Waals surface area contributed by atoms with Crippen LogP contribution in [0.1, 0.15) is 31.4 Å². The molecule has 0 spiro atoms. The molecular formula is C15H27IN6O. The number of aryl methyl sites for hydroxylation is 1. The minimum Gasteiger partial charge on any atom is -0.354 e. The van der Waals surface area contributed by atoms with Crippen molar-refractivity contribution in [2.75, 3.05) is 20.6 Å². The number of hydrogen-bond donors (Lipinski definition) is 2. The van der Waals surface area contributed by atoms with Gasteiger partial charge in [0.1, 0.15) is 0 Å². The molecule has 1 amide bonds. The van der Waals surface area contributed by atoms with Crippen molar-refractivity contribution in [1.82, 2.24) is 25.3 Å². The second-order valence-electron chi connectivity index (χ2n) is 5.88. The highest BCUT2D eigenvalue weighted by atomic mass is 127. The van der Waals surface area contributed by atoms with Crippen molar-refractivity contribution in [1.29, 1.82) is 0 Å². The fraction of sp³-hybridized carbons (Fsp3) is 0.667. The largest absolute Gasteiger partial charge is 0.354 e. The SMILES string of the molecule is CN(C)C(=O)CNC(=NCc1ccnn1C)NC1CCCC1.I. The maximum absolute atomic E-state index is 11.7. The molecule has 0 bridgehead atoms. The first kappa shape index (κ1) is 19.7. The molecule has 8 heteroatoms. The van der Waals surface area contributed by atoms with E-state index < -0.39 is 0 Å². The number of carbonyl (C=O) groups excluding carboxylic acids is 1. The normalized spacial score (nSPS) is 15.2. The Balaban J connectivity index is 0.00000264. The molecule has 0 atom stereocenters. The fourth-order valence-corrected chi connectivity index (χ4v) is 2.45. The highest BCUT2D eigenvalue weighted by Gasteiger charge is 2.16. The van der Waals surface area contributed by atoms with Crippen LogP contribution >= 0.6 is 24.0 Å². The molecule has 0 aromatic carbocycles. The third-order valence-corrected chi connectivity index (χ3v) is 3.92. The van der Waals surface area contributed by atoms with E-state index in [2.05, 4.69) is 20.7 Å². The Labute approximate surface area is 154 Å². The van der Waals surface area contributed by atoms with Crippen LogP contribution in [0.4, 0.5) is 0 Å². The zero-order chi connectivity index (χ0) is 15.9. The third-order valence-electron chi connectivity index (χ3n) is 3.92. The van der Waals surface area contributed by atoms with E-state index in [0.29, 0.717) is 18.5 Å². The molecule has 1 aliphatic carbocycles. The summed E-state index contributed by atoms with van der Waals surface area (Å²) < 4.78 is 1.81. The van der Waals surface area contributed by atoms with Crippen LogP contribution in [0.3, 0.4) is 0 Å². The quantitative estimate of drug-likeness (QED) is 0.414. The van der Waals surface area contributed by atoms with Gasteiger partial charge in [0.25, 0.3) is 0 Å². The lowest BCUT2D eigenvalue weighted by Gasteiger charge is -2.18. The Morgan fingerprint density at radius 2 is 2.13 bits per heavy atom. The number of aliphatic imine (C=N–C) groups is 1. The van der Waals surface area contributed by atoms with Crippen molar-refractivity contribution in [2.45, 2.75) is 38.3 Å². The predicted octanol–water partition coefficient (Wildman–Crippen LogP) is 1.10. The van der Waals surface area contributed by atoms with Crippen LogP contribution in [0.15, 0.2) is 17.3 Å². The van der Waals surface area contributed by atoms with Crippen molar-refractivity contribution in [3.63, 3.8) is 0 Å². The minimum absolute atomic E-state index is 0. The molecule has 1 fully saturated rings. The van der Waals surface area contributed by atoms with E-state index in [1.807, 2.05) is 17.8 Å². The smallest absolute Gasteiger partial charge is 0.241 e. The maximum atomic E-state index is 11.7. The van der Waals surface area contributed by atoms with E-state index in [0.717, 1.165) is 18.5 Å². The first-order valence-electron chi connectivity index (χ1n) is 7.78. The van der Waals surface area contributed by atoms with Crippen LogP contribution in [0.25, 0.3) is 0 Å². The van der Waals surface area contributed by atoms with Crippen LogP contribution < -0.4 is 10.6 Å². The summed E-state index contributed by atoms with van der Waals surface area (Å²) in [5, 5.41) is 10.7. The molecule has 0 aliphatic heterocycles. The zero-order valence-corrected chi connectivity index (χ0v) is 16.4. The molecule has 0 radical (unpaired) electrons. The molecule has 2 rings (SSSR count). The van der Waals surface area contributed by atoms with E-state index in [-0.39, 0.29) is 36.4 Å². The Morgan fingerprint density at radius 3 is 2.70 bits per heavy atom. The summed E-state index contributed by atoms with van der Waals surface area (Å²) in [6, 6.07) is 2.40. The van der Waals surface area contributed by atoms with E-state index in [1.165, 1.54) is 12.8 Å². The standard InChI is InChI=1S/C15H26N6O.HI/c1-20(2)14(22)11-17-15(19-12-6-4-5-7-12)16-10-13-8-9-18-21(13)3;/h8-9,12H,4-7,10-11H2,1-3H3,(H2,16,17,19);1H. The van der Waals surface area contributed by atoms with Gasteiger partial charge in [0.15, 0.2) is 5.96 Å². The van der Waals surface area contributed by atoms with Crippen LogP contribution in [-0.4, -0.2) is 53.2 Å². The third kappa shape index (κ3) is 6.36. The Morgan fingerprint density at radius 1 is 1.43 bits per heavy atom.